The minimum absolute atomic E-state index is 0.220. The number of hydrogen-bond donors (Lipinski definition) is 0. The Kier molecular flexibility index (Phi) is 4.78. The minimum atomic E-state index is -0.220. The maximum Gasteiger partial charge on any atom is 0.131 e. The van der Waals surface area contributed by atoms with Crippen LogP contribution in [0.5, 0.6) is 0 Å². The molecular weight excluding hydrogens is 383 g/mol. The number of fused-ring (bicyclic) bond motifs is 2. The number of nitrogens with zero attached hydrogens (tertiary/aromatic N) is 2. The van der Waals surface area contributed by atoms with Gasteiger partial charge in [0, 0.05) is 53.3 Å². The molecule has 0 spiro atoms. The molecular formula is C25H20ClFN2. The van der Waals surface area contributed by atoms with Crippen LogP contribution in [-0.4, -0.2) is 16.4 Å². The average molecular weight is 403 g/mol. The summed E-state index contributed by atoms with van der Waals surface area (Å²) in [7, 11) is 0. The van der Waals surface area contributed by atoms with Crippen LogP contribution in [0.1, 0.15) is 16.8 Å². The van der Waals surface area contributed by atoms with Crippen molar-refractivity contribution < 1.29 is 4.39 Å². The fraction of sp³-hybridized carbons (Fsp3) is 0.160. The van der Waals surface area contributed by atoms with Gasteiger partial charge in [0.2, 0.25) is 0 Å². The quantitative estimate of drug-likeness (QED) is 0.402. The lowest BCUT2D eigenvalue weighted by Gasteiger charge is -2.30. The van der Waals surface area contributed by atoms with E-state index in [1.807, 2.05) is 36.4 Å². The summed E-state index contributed by atoms with van der Waals surface area (Å²) in [6.07, 6.45) is 0.849. The van der Waals surface area contributed by atoms with Gasteiger partial charge in [-0.3, -0.25) is 9.88 Å². The summed E-state index contributed by atoms with van der Waals surface area (Å²) in [4.78, 5) is 7.31. The van der Waals surface area contributed by atoms with Crippen LogP contribution in [-0.2, 0) is 19.5 Å². The smallest absolute Gasteiger partial charge is 0.131 e. The highest BCUT2D eigenvalue weighted by molar-refractivity contribution is 6.31. The van der Waals surface area contributed by atoms with E-state index in [9.17, 15) is 4.39 Å². The van der Waals surface area contributed by atoms with Crippen molar-refractivity contribution in [2.45, 2.75) is 19.5 Å². The molecule has 1 aliphatic rings. The third-order valence-electron chi connectivity index (χ3n) is 5.57. The Labute approximate surface area is 174 Å². The predicted molar refractivity (Wildman–Crippen MR) is 116 cm³/mol. The van der Waals surface area contributed by atoms with E-state index in [-0.39, 0.29) is 5.82 Å². The molecule has 0 aliphatic carbocycles. The second-order valence-corrected chi connectivity index (χ2v) is 7.94. The first-order valence-corrected chi connectivity index (χ1v) is 10.2. The van der Waals surface area contributed by atoms with Crippen molar-refractivity contribution in [3.05, 3.63) is 100 Å². The molecule has 0 N–H and O–H groups in total. The first-order valence-electron chi connectivity index (χ1n) is 9.81. The number of aromatic nitrogens is 1. The van der Waals surface area contributed by atoms with E-state index < -0.39 is 0 Å². The highest BCUT2D eigenvalue weighted by Crippen LogP contribution is 2.38. The lowest BCUT2D eigenvalue weighted by Crippen LogP contribution is -2.31. The summed E-state index contributed by atoms with van der Waals surface area (Å²) >= 11 is 6.31. The van der Waals surface area contributed by atoms with E-state index in [2.05, 4.69) is 29.2 Å². The standard InChI is InChI=1S/C25H20ClFN2/c26-18-10-11-23-20(14-18)25(19-8-4-5-9-22(19)27)21-16-29(13-12-24(21)28-23)15-17-6-2-1-3-7-17/h1-11,14H,12-13,15-16H2. The Morgan fingerprint density at radius 2 is 1.76 bits per heavy atom. The van der Waals surface area contributed by atoms with E-state index in [4.69, 9.17) is 16.6 Å². The molecule has 29 heavy (non-hydrogen) atoms. The van der Waals surface area contributed by atoms with Gasteiger partial charge in [0.05, 0.1) is 5.52 Å². The monoisotopic (exact) mass is 402 g/mol. The molecule has 4 aromatic rings. The molecule has 0 amide bonds. The van der Waals surface area contributed by atoms with Gasteiger partial charge in [0.25, 0.3) is 0 Å². The van der Waals surface area contributed by atoms with Gasteiger partial charge in [0.1, 0.15) is 5.82 Å². The summed E-state index contributed by atoms with van der Waals surface area (Å²) in [5.74, 6) is -0.220. The van der Waals surface area contributed by atoms with Gasteiger partial charge >= 0.3 is 0 Å². The molecule has 0 saturated carbocycles. The SMILES string of the molecule is Fc1ccccc1-c1c2c(nc3ccc(Cl)cc13)CCN(Cc1ccccc1)C2. The molecule has 0 atom stereocenters. The molecule has 2 heterocycles. The van der Waals surface area contributed by atoms with Gasteiger partial charge in [-0.2, -0.15) is 0 Å². The highest BCUT2D eigenvalue weighted by atomic mass is 35.5. The number of rotatable bonds is 3. The van der Waals surface area contributed by atoms with Crippen LogP contribution in [0.3, 0.4) is 0 Å². The van der Waals surface area contributed by atoms with Gasteiger partial charge in [-0.05, 0) is 35.4 Å². The largest absolute Gasteiger partial charge is 0.294 e. The second kappa shape index (κ2) is 7.58. The zero-order valence-electron chi connectivity index (χ0n) is 15.9. The molecule has 0 fully saturated rings. The molecule has 1 aliphatic heterocycles. The van der Waals surface area contributed by atoms with Gasteiger partial charge in [-0.25, -0.2) is 4.39 Å². The predicted octanol–water partition coefficient (Wildman–Crippen LogP) is 6.25. The normalized spacial score (nSPS) is 14.1. The van der Waals surface area contributed by atoms with E-state index >= 15 is 0 Å². The van der Waals surface area contributed by atoms with Crippen molar-refractivity contribution in [1.82, 2.24) is 9.88 Å². The van der Waals surface area contributed by atoms with Crippen LogP contribution in [0.2, 0.25) is 5.02 Å². The summed E-state index contributed by atoms with van der Waals surface area (Å²) in [5.41, 5.74) is 5.83. The fourth-order valence-corrected chi connectivity index (χ4v) is 4.39. The molecule has 1 aromatic heterocycles. The van der Waals surface area contributed by atoms with Crippen molar-refractivity contribution >= 4 is 22.5 Å². The van der Waals surface area contributed by atoms with Gasteiger partial charge in [-0.1, -0.05) is 60.1 Å². The van der Waals surface area contributed by atoms with Crippen molar-refractivity contribution in [3.8, 4) is 11.1 Å². The Bertz CT molecular complexity index is 1190. The van der Waals surface area contributed by atoms with Crippen LogP contribution < -0.4 is 0 Å². The molecule has 0 saturated heterocycles. The molecule has 2 nitrogen and oxygen atoms in total. The average Bonchev–Trinajstić information content (AvgIpc) is 2.74. The summed E-state index contributed by atoms with van der Waals surface area (Å²) < 4.78 is 14.9. The van der Waals surface area contributed by atoms with Crippen LogP contribution >= 0.6 is 11.6 Å². The van der Waals surface area contributed by atoms with E-state index in [0.29, 0.717) is 10.6 Å². The number of halogens is 2. The summed E-state index contributed by atoms with van der Waals surface area (Å²) in [5, 5.41) is 1.54. The van der Waals surface area contributed by atoms with Crippen molar-refractivity contribution in [2.24, 2.45) is 0 Å². The van der Waals surface area contributed by atoms with Crippen LogP contribution in [0.25, 0.3) is 22.0 Å². The Hall–Kier alpha value is -2.75. The lowest BCUT2D eigenvalue weighted by molar-refractivity contribution is 0.244. The molecule has 0 bridgehead atoms. The fourth-order valence-electron chi connectivity index (χ4n) is 4.22. The van der Waals surface area contributed by atoms with Crippen molar-refractivity contribution in [2.75, 3.05) is 6.54 Å². The molecule has 4 heteroatoms. The van der Waals surface area contributed by atoms with Gasteiger partial charge in [-0.15, -0.1) is 0 Å². The van der Waals surface area contributed by atoms with Gasteiger partial charge in [0.15, 0.2) is 0 Å². The van der Waals surface area contributed by atoms with E-state index in [0.717, 1.165) is 53.8 Å². The Balaban J connectivity index is 1.66. The topological polar surface area (TPSA) is 16.1 Å². The van der Waals surface area contributed by atoms with Crippen LogP contribution in [0.4, 0.5) is 4.39 Å². The third-order valence-corrected chi connectivity index (χ3v) is 5.81. The van der Waals surface area contributed by atoms with Gasteiger partial charge < -0.3 is 0 Å². The lowest BCUT2D eigenvalue weighted by atomic mass is 9.90. The van der Waals surface area contributed by atoms with Crippen molar-refractivity contribution in [1.29, 1.82) is 0 Å². The molecule has 0 radical (unpaired) electrons. The first-order chi connectivity index (χ1) is 14.2. The van der Waals surface area contributed by atoms with Crippen LogP contribution in [0.15, 0.2) is 72.8 Å². The summed E-state index contributed by atoms with van der Waals surface area (Å²) in [6.45, 7) is 2.54. The minimum Gasteiger partial charge on any atom is -0.294 e. The van der Waals surface area contributed by atoms with Crippen molar-refractivity contribution in [3.63, 3.8) is 0 Å². The third kappa shape index (κ3) is 3.52. The Morgan fingerprint density at radius 1 is 0.966 bits per heavy atom. The molecule has 144 valence electrons. The van der Waals surface area contributed by atoms with E-state index in [1.54, 1.807) is 6.07 Å². The molecule has 0 unspecified atom stereocenters. The van der Waals surface area contributed by atoms with E-state index in [1.165, 1.54) is 11.6 Å². The number of hydrogen-bond acceptors (Lipinski definition) is 2. The summed E-state index contributed by atoms with van der Waals surface area (Å²) in [6, 6.07) is 23.1. The molecule has 3 aromatic carbocycles. The number of benzene rings is 3. The zero-order valence-corrected chi connectivity index (χ0v) is 16.7. The second-order valence-electron chi connectivity index (χ2n) is 7.50. The van der Waals surface area contributed by atoms with Crippen LogP contribution in [0, 0.1) is 5.82 Å². The maximum absolute atomic E-state index is 14.9. The first kappa shape index (κ1) is 18.3. The maximum atomic E-state index is 14.9. The highest BCUT2D eigenvalue weighted by Gasteiger charge is 2.24. The number of pyridine rings is 1. The zero-order chi connectivity index (χ0) is 19.8. The Morgan fingerprint density at radius 3 is 2.59 bits per heavy atom. The molecule has 5 rings (SSSR count).